The zero-order chi connectivity index (χ0) is 7.98. The highest BCUT2D eigenvalue weighted by Gasteiger charge is 2.06. The van der Waals surface area contributed by atoms with Crippen LogP contribution >= 0.6 is 12.4 Å². The Bertz CT molecular complexity index is 108. The van der Waals surface area contributed by atoms with Crippen LogP contribution in [-0.4, -0.2) is 32.3 Å². The maximum absolute atomic E-state index is 10.6. The molecule has 0 aliphatic heterocycles. The van der Waals surface area contributed by atoms with E-state index in [9.17, 15) is 4.79 Å². The SMILES string of the molecule is COCCOC(=O)C(C)N.Cl. The lowest BCUT2D eigenvalue weighted by Gasteiger charge is -2.05. The number of ether oxygens (including phenoxy) is 2. The molecule has 1 unspecified atom stereocenters. The Morgan fingerprint density at radius 1 is 1.55 bits per heavy atom. The number of hydrogen-bond donors (Lipinski definition) is 1. The lowest BCUT2D eigenvalue weighted by molar-refractivity contribution is -0.145. The molecule has 0 spiro atoms. The second-order valence-corrected chi connectivity index (χ2v) is 1.95. The summed E-state index contributed by atoms with van der Waals surface area (Å²) < 4.78 is 9.31. The van der Waals surface area contributed by atoms with Crippen LogP contribution in [0.3, 0.4) is 0 Å². The van der Waals surface area contributed by atoms with Crippen molar-refractivity contribution in [3.05, 3.63) is 0 Å². The summed E-state index contributed by atoms with van der Waals surface area (Å²) in [6.07, 6.45) is 0. The largest absolute Gasteiger partial charge is 0.462 e. The molecule has 1 atom stereocenters. The topological polar surface area (TPSA) is 61.5 Å². The molecular formula is C6H14ClNO3. The van der Waals surface area contributed by atoms with E-state index in [0.717, 1.165) is 0 Å². The number of carbonyl (C=O) groups excluding carboxylic acids is 1. The van der Waals surface area contributed by atoms with Crippen LogP contribution < -0.4 is 5.73 Å². The molecule has 0 aromatic carbocycles. The van der Waals surface area contributed by atoms with Crippen molar-refractivity contribution in [2.45, 2.75) is 13.0 Å². The van der Waals surface area contributed by atoms with Gasteiger partial charge in [-0.05, 0) is 6.92 Å². The smallest absolute Gasteiger partial charge is 0.322 e. The Morgan fingerprint density at radius 2 is 2.09 bits per heavy atom. The molecule has 0 radical (unpaired) electrons. The molecule has 0 aromatic rings. The molecule has 11 heavy (non-hydrogen) atoms. The van der Waals surface area contributed by atoms with E-state index in [1.165, 1.54) is 0 Å². The second kappa shape index (κ2) is 7.78. The van der Waals surface area contributed by atoms with Gasteiger partial charge >= 0.3 is 5.97 Å². The minimum Gasteiger partial charge on any atom is -0.462 e. The van der Waals surface area contributed by atoms with E-state index >= 15 is 0 Å². The summed E-state index contributed by atoms with van der Waals surface area (Å²) in [5, 5.41) is 0. The van der Waals surface area contributed by atoms with Gasteiger partial charge in [0.15, 0.2) is 0 Å². The van der Waals surface area contributed by atoms with Gasteiger partial charge in [0.05, 0.1) is 6.61 Å². The third-order valence-corrected chi connectivity index (χ3v) is 0.904. The molecule has 4 nitrogen and oxygen atoms in total. The average Bonchev–Trinajstić information content (AvgIpc) is 1.88. The van der Waals surface area contributed by atoms with Gasteiger partial charge in [-0.3, -0.25) is 4.79 Å². The van der Waals surface area contributed by atoms with E-state index in [-0.39, 0.29) is 19.0 Å². The molecule has 2 N–H and O–H groups in total. The molecule has 0 amide bonds. The van der Waals surface area contributed by atoms with Crippen molar-refractivity contribution in [2.24, 2.45) is 5.73 Å². The first-order valence-electron chi connectivity index (χ1n) is 3.09. The highest BCUT2D eigenvalue weighted by Crippen LogP contribution is 1.83. The summed E-state index contributed by atoms with van der Waals surface area (Å²) in [5.41, 5.74) is 5.20. The summed E-state index contributed by atoms with van der Waals surface area (Å²) in [7, 11) is 1.54. The Morgan fingerprint density at radius 3 is 2.45 bits per heavy atom. The highest BCUT2D eigenvalue weighted by atomic mass is 35.5. The maximum Gasteiger partial charge on any atom is 0.322 e. The van der Waals surface area contributed by atoms with Crippen LogP contribution in [0.2, 0.25) is 0 Å². The predicted molar refractivity (Wildman–Crippen MR) is 43.7 cm³/mol. The van der Waals surface area contributed by atoms with E-state index in [1.54, 1.807) is 14.0 Å². The van der Waals surface area contributed by atoms with Crippen molar-refractivity contribution in [1.29, 1.82) is 0 Å². The van der Waals surface area contributed by atoms with Crippen LogP contribution in [0.5, 0.6) is 0 Å². The Hall–Kier alpha value is -0.320. The first-order valence-corrected chi connectivity index (χ1v) is 3.09. The second-order valence-electron chi connectivity index (χ2n) is 1.95. The molecule has 0 bridgehead atoms. The molecule has 0 saturated heterocycles. The number of nitrogens with two attached hydrogens (primary N) is 1. The van der Waals surface area contributed by atoms with Crippen molar-refractivity contribution < 1.29 is 14.3 Å². The van der Waals surface area contributed by atoms with Crippen LogP contribution in [0.1, 0.15) is 6.92 Å². The van der Waals surface area contributed by atoms with Crippen LogP contribution in [0, 0.1) is 0 Å². The monoisotopic (exact) mass is 183 g/mol. The lowest BCUT2D eigenvalue weighted by atomic mass is 10.4. The third kappa shape index (κ3) is 7.58. The molecule has 0 aromatic heterocycles. The van der Waals surface area contributed by atoms with Crippen molar-refractivity contribution in [3.8, 4) is 0 Å². The summed E-state index contributed by atoms with van der Waals surface area (Å²) in [6.45, 7) is 2.27. The van der Waals surface area contributed by atoms with Gasteiger partial charge in [0.25, 0.3) is 0 Å². The van der Waals surface area contributed by atoms with Crippen molar-refractivity contribution >= 4 is 18.4 Å². The van der Waals surface area contributed by atoms with Crippen LogP contribution in [0.25, 0.3) is 0 Å². The molecule has 0 aliphatic rings. The van der Waals surface area contributed by atoms with Crippen LogP contribution in [0.15, 0.2) is 0 Å². The summed E-state index contributed by atoms with van der Waals surface area (Å²) in [4.78, 5) is 10.6. The molecule has 0 aliphatic carbocycles. The van der Waals surface area contributed by atoms with E-state index in [1.807, 2.05) is 0 Å². The number of esters is 1. The van der Waals surface area contributed by atoms with E-state index in [4.69, 9.17) is 5.73 Å². The van der Waals surface area contributed by atoms with Crippen LogP contribution in [-0.2, 0) is 14.3 Å². The molecule has 68 valence electrons. The molecular weight excluding hydrogens is 170 g/mol. The Kier molecular flexibility index (Phi) is 9.40. The molecule has 0 rings (SSSR count). The number of methoxy groups -OCH3 is 1. The summed E-state index contributed by atoms with van der Waals surface area (Å²) in [6, 6.07) is -0.545. The Labute approximate surface area is 72.4 Å². The van der Waals surface area contributed by atoms with Crippen molar-refractivity contribution in [1.82, 2.24) is 0 Å². The average molecular weight is 184 g/mol. The molecule has 5 heteroatoms. The normalized spacial score (nSPS) is 11.5. The fraction of sp³-hybridized carbons (Fsp3) is 0.833. The minimum absolute atomic E-state index is 0. The quantitative estimate of drug-likeness (QED) is 0.490. The summed E-state index contributed by atoms with van der Waals surface area (Å²) in [5.74, 6) is -0.392. The Balaban J connectivity index is 0. The number of halogens is 1. The van der Waals surface area contributed by atoms with Gasteiger partial charge in [-0.1, -0.05) is 0 Å². The van der Waals surface area contributed by atoms with Crippen molar-refractivity contribution in [2.75, 3.05) is 20.3 Å². The van der Waals surface area contributed by atoms with E-state index in [0.29, 0.717) is 6.61 Å². The van der Waals surface area contributed by atoms with Crippen LogP contribution in [0.4, 0.5) is 0 Å². The minimum atomic E-state index is -0.545. The van der Waals surface area contributed by atoms with Gasteiger partial charge in [0, 0.05) is 7.11 Å². The first-order chi connectivity index (χ1) is 4.68. The number of carbonyl (C=O) groups is 1. The van der Waals surface area contributed by atoms with Gasteiger partial charge in [-0.2, -0.15) is 0 Å². The highest BCUT2D eigenvalue weighted by molar-refractivity contribution is 5.85. The first kappa shape index (κ1) is 13.3. The standard InChI is InChI=1S/C6H13NO3.ClH/c1-5(7)6(8)10-4-3-9-2;/h5H,3-4,7H2,1-2H3;1H. The van der Waals surface area contributed by atoms with Crippen molar-refractivity contribution in [3.63, 3.8) is 0 Å². The fourth-order valence-corrected chi connectivity index (χ4v) is 0.357. The molecule has 0 fully saturated rings. The maximum atomic E-state index is 10.6. The van der Waals surface area contributed by atoms with Gasteiger partial charge in [-0.25, -0.2) is 0 Å². The van der Waals surface area contributed by atoms with Gasteiger partial charge < -0.3 is 15.2 Å². The van der Waals surface area contributed by atoms with Gasteiger partial charge in [0.1, 0.15) is 12.6 Å². The zero-order valence-electron chi connectivity index (χ0n) is 6.70. The predicted octanol–water partition coefficient (Wildman–Crippen LogP) is -0.0550. The summed E-state index contributed by atoms with van der Waals surface area (Å²) >= 11 is 0. The lowest BCUT2D eigenvalue weighted by Crippen LogP contribution is -2.29. The zero-order valence-corrected chi connectivity index (χ0v) is 7.52. The molecule has 0 saturated carbocycles. The molecule has 0 heterocycles. The van der Waals surface area contributed by atoms with Gasteiger partial charge in [-0.15, -0.1) is 12.4 Å². The van der Waals surface area contributed by atoms with E-state index < -0.39 is 12.0 Å². The van der Waals surface area contributed by atoms with E-state index in [2.05, 4.69) is 9.47 Å². The third-order valence-electron chi connectivity index (χ3n) is 0.904. The number of hydrogen-bond acceptors (Lipinski definition) is 4. The number of rotatable bonds is 4. The van der Waals surface area contributed by atoms with Gasteiger partial charge in [0.2, 0.25) is 0 Å². The fourth-order valence-electron chi connectivity index (χ4n) is 0.357.